The van der Waals surface area contributed by atoms with Crippen molar-refractivity contribution in [3.8, 4) is 11.8 Å². The molecule has 5 heteroatoms. The van der Waals surface area contributed by atoms with Gasteiger partial charge < -0.3 is 20.0 Å². The largest absolute Gasteiger partial charge is 0.380 e. The average molecular weight is 432 g/mol. The molecule has 2 aliphatic rings. The second-order valence-corrected chi connectivity index (χ2v) is 10.1. The summed E-state index contributed by atoms with van der Waals surface area (Å²) in [5, 5.41) is 22.9. The van der Waals surface area contributed by atoms with E-state index in [9.17, 15) is 10.2 Å². The summed E-state index contributed by atoms with van der Waals surface area (Å²) in [5.74, 6) is 6.46. The number of pyridine rings is 1. The molecule has 0 bridgehead atoms. The van der Waals surface area contributed by atoms with E-state index >= 15 is 0 Å². The lowest BCUT2D eigenvalue weighted by atomic mass is 9.62. The van der Waals surface area contributed by atoms with Gasteiger partial charge in [-0.2, -0.15) is 0 Å². The molecule has 4 rings (SSSR count). The Morgan fingerprint density at radius 1 is 1.06 bits per heavy atom. The van der Waals surface area contributed by atoms with E-state index in [0.29, 0.717) is 18.0 Å². The Morgan fingerprint density at radius 2 is 1.75 bits per heavy atom. The lowest BCUT2D eigenvalue weighted by Gasteiger charge is -2.55. The van der Waals surface area contributed by atoms with Crippen LogP contribution >= 0.6 is 0 Å². The van der Waals surface area contributed by atoms with E-state index in [1.165, 1.54) is 5.56 Å². The highest BCUT2D eigenvalue weighted by atomic mass is 16.3. The zero-order valence-electron chi connectivity index (χ0n) is 19.6. The van der Waals surface area contributed by atoms with Crippen molar-refractivity contribution in [1.29, 1.82) is 0 Å². The average Bonchev–Trinajstić information content (AvgIpc) is 3.10. The quantitative estimate of drug-likeness (QED) is 0.729. The highest BCUT2D eigenvalue weighted by molar-refractivity contribution is 5.46. The van der Waals surface area contributed by atoms with Crippen LogP contribution in [-0.4, -0.2) is 64.3 Å². The summed E-state index contributed by atoms with van der Waals surface area (Å²) in [6.45, 7) is 8.46. The first-order chi connectivity index (χ1) is 15.0. The second kappa shape index (κ2) is 8.04. The van der Waals surface area contributed by atoms with Crippen molar-refractivity contribution >= 4 is 0 Å². The molecule has 1 fully saturated rings. The predicted octanol–water partition coefficient (Wildman–Crippen LogP) is 2.93. The van der Waals surface area contributed by atoms with E-state index in [0.717, 1.165) is 24.2 Å². The van der Waals surface area contributed by atoms with Crippen LogP contribution in [0.25, 0.3) is 0 Å². The third-order valence-electron chi connectivity index (χ3n) is 6.78. The molecule has 1 aromatic heterocycles. The van der Waals surface area contributed by atoms with Gasteiger partial charge in [-0.05, 0) is 42.4 Å². The van der Waals surface area contributed by atoms with Crippen molar-refractivity contribution in [1.82, 2.24) is 14.8 Å². The van der Waals surface area contributed by atoms with Gasteiger partial charge in [0.05, 0.1) is 6.54 Å². The molecular formula is C27H33N3O2. The van der Waals surface area contributed by atoms with Crippen molar-refractivity contribution in [2.75, 3.05) is 33.7 Å². The van der Waals surface area contributed by atoms with E-state index in [1.807, 2.05) is 36.3 Å². The molecule has 0 saturated carbocycles. The number of likely N-dealkylation sites (N-methyl/N-ethyl adjacent to an activating group) is 1. The molecule has 2 aromatic rings. The molecular weight excluding hydrogens is 398 g/mol. The zero-order valence-corrected chi connectivity index (χ0v) is 19.6. The van der Waals surface area contributed by atoms with Crippen LogP contribution in [0.15, 0.2) is 55.0 Å². The minimum atomic E-state index is -1.20. The Balaban J connectivity index is 1.75. The molecule has 3 heterocycles. The Morgan fingerprint density at radius 3 is 2.31 bits per heavy atom. The Hall–Kier alpha value is -2.65. The van der Waals surface area contributed by atoms with Crippen LogP contribution in [0.4, 0.5) is 0 Å². The van der Waals surface area contributed by atoms with Crippen molar-refractivity contribution < 1.29 is 10.2 Å². The van der Waals surface area contributed by atoms with E-state index < -0.39 is 11.2 Å². The monoisotopic (exact) mass is 431 g/mol. The van der Waals surface area contributed by atoms with Gasteiger partial charge in [-0.25, -0.2) is 0 Å². The van der Waals surface area contributed by atoms with Crippen LogP contribution in [0, 0.1) is 17.3 Å². The summed E-state index contributed by atoms with van der Waals surface area (Å²) in [7, 11) is 3.97. The molecule has 2 N–H and O–H groups in total. The number of benzene rings is 1. The SMILES string of the molecule is CC(C)c1ccc([C@](O)(c2cncc(C#C[C@@]3(O)C=CN(C)C3)c2)C2(C)CN(C)C2)cc1. The molecule has 0 amide bonds. The minimum Gasteiger partial charge on any atom is -0.380 e. The molecule has 168 valence electrons. The summed E-state index contributed by atoms with van der Waals surface area (Å²) in [5.41, 5.74) is 0.774. The second-order valence-electron chi connectivity index (χ2n) is 10.1. The van der Waals surface area contributed by atoms with Crippen LogP contribution in [0.5, 0.6) is 0 Å². The van der Waals surface area contributed by atoms with Gasteiger partial charge in [-0.1, -0.05) is 56.9 Å². The molecule has 0 radical (unpaired) electrons. The Kier molecular flexibility index (Phi) is 5.67. The van der Waals surface area contributed by atoms with Crippen molar-refractivity contribution in [3.05, 3.63) is 77.3 Å². The van der Waals surface area contributed by atoms with Gasteiger partial charge in [0.2, 0.25) is 0 Å². The highest BCUT2D eigenvalue weighted by Crippen LogP contribution is 2.50. The fourth-order valence-electron chi connectivity index (χ4n) is 5.05. The van der Waals surface area contributed by atoms with Gasteiger partial charge in [0, 0.05) is 49.1 Å². The zero-order chi connectivity index (χ0) is 23.1. The summed E-state index contributed by atoms with van der Waals surface area (Å²) in [6.07, 6.45) is 6.95. The van der Waals surface area contributed by atoms with E-state index in [4.69, 9.17) is 0 Å². The van der Waals surface area contributed by atoms with Gasteiger partial charge in [0.1, 0.15) is 5.60 Å². The van der Waals surface area contributed by atoms with Gasteiger partial charge in [-0.15, -0.1) is 0 Å². The topological polar surface area (TPSA) is 59.8 Å². The van der Waals surface area contributed by atoms with Gasteiger partial charge in [0.25, 0.3) is 0 Å². The van der Waals surface area contributed by atoms with Gasteiger partial charge in [0.15, 0.2) is 5.60 Å². The maximum atomic E-state index is 12.3. The highest BCUT2D eigenvalue weighted by Gasteiger charge is 2.55. The van der Waals surface area contributed by atoms with Crippen molar-refractivity contribution in [2.24, 2.45) is 5.41 Å². The number of aromatic nitrogens is 1. The standard InChI is InChI=1S/C27H33N3O2/c1-20(2)22-6-8-23(9-7-22)27(32,25(3)17-30(5)18-25)24-14-21(15-28-16-24)10-11-26(31)12-13-29(4)19-26/h6-9,12-16,20,31-32H,17-19H2,1-5H3/t26-,27+/m1/s1. The molecule has 1 aromatic carbocycles. The van der Waals surface area contributed by atoms with Gasteiger partial charge >= 0.3 is 0 Å². The molecule has 2 aliphatic heterocycles. The lowest BCUT2D eigenvalue weighted by molar-refractivity contribution is -0.127. The minimum absolute atomic E-state index is 0.357. The summed E-state index contributed by atoms with van der Waals surface area (Å²) < 4.78 is 0. The van der Waals surface area contributed by atoms with Crippen LogP contribution in [-0.2, 0) is 5.60 Å². The molecule has 2 atom stereocenters. The molecule has 32 heavy (non-hydrogen) atoms. The normalized spacial score (nSPS) is 24.1. The molecule has 0 unspecified atom stereocenters. The Bertz CT molecular complexity index is 1080. The fourth-order valence-corrected chi connectivity index (χ4v) is 5.05. The lowest BCUT2D eigenvalue weighted by Crippen LogP contribution is -2.63. The fraction of sp³-hybridized carbons (Fsp3) is 0.444. The predicted molar refractivity (Wildman–Crippen MR) is 127 cm³/mol. The van der Waals surface area contributed by atoms with E-state index in [-0.39, 0.29) is 5.41 Å². The summed E-state index contributed by atoms with van der Waals surface area (Å²) >= 11 is 0. The number of hydrogen-bond acceptors (Lipinski definition) is 5. The molecule has 5 nitrogen and oxygen atoms in total. The third-order valence-corrected chi connectivity index (χ3v) is 6.78. The number of likely N-dealkylation sites (tertiary alicyclic amines) is 1. The van der Waals surface area contributed by atoms with Crippen LogP contribution < -0.4 is 0 Å². The first-order valence-corrected chi connectivity index (χ1v) is 11.2. The maximum Gasteiger partial charge on any atom is 0.163 e. The number of aliphatic hydroxyl groups is 2. The maximum absolute atomic E-state index is 12.3. The summed E-state index contributed by atoms with van der Waals surface area (Å²) in [4.78, 5) is 8.52. The third kappa shape index (κ3) is 3.95. The van der Waals surface area contributed by atoms with Gasteiger partial charge in [-0.3, -0.25) is 4.98 Å². The van der Waals surface area contributed by atoms with E-state index in [1.54, 1.807) is 18.5 Å². The molecule has 1 saturated heterocycles. The number of rotatable bonds is 4. The first kappa shape index (κ1) is 22.5. The van der Waals surface area contributed by atoms with Crippen LogP contribution in [0.2, 0.25) is 0 Å². The van der Waals surface area contributed by atoms with E-state index in [2.05, 4.69) is 61.7 Å². The molecule has 0 spiro atoms. The number of β-amino-alcohol motifs (C(OH)–C–C–N with tert-alkyl or cyclic N) is 1. The number of nitrogens with zero attached hydrogens (tertiary/aromatic N) is 3. The van der Waals surface area contributed by atoms with Crippen molar-refractivity contribution in [2.45, 2.75) is 37.9 Å². The molecule has 0 aliphatic carbocycles. The summed E-state index contributed by atoms with van der Waals surface area (Å²) in [6, 6.07) is 10.2. The van der Waals surface area contributed by atoms with Crippen LogP contribution in [0.3, 0.4) is 0 Å². The van der Waals surface area contributed by atoms with Crippen LogP contribution in [0.1, 0.15) is 48.9 Å². The number of hydrogen-bond donors (Lipinski definition) is 2. The Labute approximate surface area is 191 Å². The first-order valence-electron chi connectivity index (χ1n) is 11.2. The van der Waals surface area contributed by atoms with Crippen molar-refractivity contribution in [3.63, 3.8) is 0 Å². The smallest absolute Gasteiger partial charge is 0.163 e.